The maximum absolute atomic E-state index is 13.2. The van der Waals surface area contributed by atoms with Crippen LogP contribution in [0, 0.1) is 5.92 Å². The van der Waals surface area contributed by atoms with Gasteiger partial charge in [-0.2, -0.15) is 17.5 Å². The van der Waals surface area contributed by atoms with Crippen LogP contribution in [-0.2, 0) is 17.5 Å². The summed E-state index contributed by atoms with van der Waals surface area (Å²) in [5, 5.41) is 12.3. The van der Waals surface area contributed by atoms with Crippen molar-refractivity contribution in [1.82, 2.24) is 20.0 Å². The number of hydrogen-bond acceptors (Lipinski definition) is 7. The van der Waals surface area contributed by atoms with Gasteiger partial charge in [0.05, 0.1) is 26.5 Å². The van der Waals surface area contributed by atoms with Gasteiger partial charge in [-0.15, -0.1) is 0 Å². The second-order valence-corrected chi connectivity index (χ2v) is 10.5. The smallest absolute Gasteiger partial charge is 0.352 e. The zero-order valence-electron chi connectivity index (χ0n) is 20.9. The van der Waals surface area contributed by atoms with E-state index in [0.717, 1.165) is 55.2 Å². The summed E-state index contributed by atoms with van der Waals surface area (Å²) in [4.78, 5) is 30.0. The molecule has 1 aliphatic rings. The van der Waals surface area contributed by atoms with Crippen molar-refractivity contribution in [2.75, 3.05) is 23.7 Å². The molecule has 1 fully saturated rings. The Labute approximate surface area is 236 Å². The van der Waals surface area contributed by atoms with Crippen LogP contribution in [0.2, 0.25) is 5.02 Å². The summed E-state index contributed by atoms with van der Waals surface area (Å²) in [7, 11) is 0. The van der Waals surface area contributed by atoms with Crippen LogP contribution >= 0.6 is 23.1 Å². The molecule has 0 radical (unpaired) electrons. The summed E-state index contributed by atoms with van der Waals surface area (Å²) in [5.41, 5.74) is 1.53. The average Bonchev–Trinajstić information content (AvgIpc) is 3.36. The number of nitrogens with one attached hydrogen (secondary N) is 4. The number of benzene rings is 2. The molecule has 0 spiro atoms. The van der Waals surface area contributed by atoms with E-state index in [4.69, 9.17) is 11.6 Å². The van der Waals surface area contributed by atoms with Crippen LogP contribution in [0.4, 0.5) is 30.4 Å². The van der Waals surface area contributed by atoms with Gasteiger partial charge in [-0.3, -0.25) is 14.6 Å². The minimum Gasteiger partial charge on any atom is -0.352 e. The normalized spacial score (nSPS) is 14.2. The summed E-state index contributed by atoms with van der Waals surface area (Å²) < 4.78 is 43.5. The summed E-state index contributed by atoms with van der Waals surface area (Å²) in [6.45, 7) is 1.91. The van der Waals surface area contributed by atoms with Crippen molar-refractivity contribution in [1.29, 1.82) is 0 Å². The van der Waals surface area contributed by atoms with Crippen LogP contribution in [-0.4, -0.2) is 34.3 Å². The van der Waals surface area contributed by atoms with Crippen molar-refractivity contribution < 1.29 is 22.8 Å². The van der Waals surface area contributed by atoms with Crippen molar-refractivity contribution >= 4 is 62.4 Å². The first kappa shape index (κ1) is 27.8. The van der Waals surface area contributed by atoms with Crippen molar-refractivity contribution in [3.8, 4) is 0 Å². The van der Waals surface area contributed by atoms with Crippen LogP contribution in [0.5, 0.6) is 0 Å². The predicted molar refractivity (Wildman–Crippen MR) is 149 cm³/mol. The molecule has 2 aromatic carbocycles. The van der Waals surface area contributed by atoms with E-state index in [-0.39, 0.29) is 29.0 Å². The summed E-state index contributed by atoms with van der Waals surface area (Å²) in [6.07, 6.45) is -1.35. The molecular formula is C27H24ClF3N6O2S. The molecule has 4 N–H and O–H groups in total. The Bertz CT molecular complexity index is 1540. The van der Waals surface area contributed by atoms with E-state index in [1.165, 1.54) is 18.3 Å². The van der Waals surface area contributed by atoms with Gasteiger partial charge in [0.2, 0.25) is 5.91 Å². The summed E-state index contributed by atoms with van der Waals surface area (Å²) in [6, 6.07) is 11.2. The molecular weight excluding hydrogens is 565 g/mol. The van der Waals surface area contributed by atoms with Gasteiger partial charge in [0.1, 0.15) is 5.52 Å². The lowest BCUT2D eigenvalue weighted by atomic mass is 9.97. The van der Waals surface area contributed by atoms with Gasteiger partial charge in [-0.25, -0.2) is 0 Å². The van der Waals surface area contributed by atoms with Crippen LogP contribution in [0.1, 0.15) is 34.3 Å². The number of fused-ring (bicyclic) bond motifs is 1. The first-order chi connectivity index (χ1) is 19.2. The van der Waals surface area contributed by atoms with Crippen LogP contribution in [0.15, 0.2) is 54.7 Å². The predicted octanol–water partition coefficient (Wildman–Crippen LogP) is 5.98. The fourth-order valence-electron chi connectivity index (χ4n) is 4.37. The van der Waals surface area contributed by atoms with Crippen molar-refractivity contribution in [3.63, 3.8) is 0 Å². The third kappa shape index (κ3) is 6.35. The minimum absolute atomic E-state index is 0.00691. The monoisotopic (exact) mass is 588 g/mol. The molecule has 208 valence electrons. The van der Waals surface area contributed by atoms with E-state index < -0.39 is 17.6 Å². The number of amides is 2. The number of alkyl halides is 3. The molecule has 2 amide bonds. The highest BCUT2D eigenvalue weighted by atomic mass is 35.5. The Hall–Kier alpha value is -3.74. The van der Waals surface area contributed by atoms with Crippen LogP contribution in [0.25, 0.3) is 10.2 Å². The fraction of sp³-hybridized carbons (Fsp3) is 0.259. The lowest BCUT2D eigenvalue weighted by Gasteiger charge is -2.21. The van der Waals surface area contributed by atoms with Gasteiger partial charge < -0.3 is 21.3 Å². The summed E-state index contributed by atoms with van der Waals surface area (Å²) in [5.74, 6) is -0.133. The minimum atomic E-state index is -4.43. The first-order valence-electron chi connectivity index (χ1n) is 12.5. The number of piperidine rings is 1. The maximum Gasteiger partial charge on any atom is 0.416 e. The highest BCUT2D eigenvalue weighted by molar-refractivity contribution is 7.14. The number of pyridine rings is 1. The second-order valence-electron chi connectivity index (χ2n) is 9.28. The Balaban J connectivity index is 1.28. The van der Waals surface area contributed by atoms with Gasteiger partial charge in [0, 0.05) is 24.3 Å². The van der Waals surface area contributed by atoms with E-state index in [9.17, 15) is 22.8 Å². The molecule has 0 saturated carbocycles. The van der Waals surface area contributed by atoms with E-state index in [2.05, 4.69) is 30.6 Å². The lowest BCUT2D eigenvalue weighted by Crippen LogP contribution is -2.37. The van der Waals surface area contributed by atoms with Crippen LogP contribution < -0.4 is 21.3 Å². The molecule has 5 rings (SSSR count). The fourth-order valence-corrected chi connectivity index (χ4v) is 5.34. The van der Waals surface area contributed by atoms with Gasteiger partial charge in [-0.1, -0.05) is 17.7 Å². The molecule has 2 aromatic heterocycles. The van der Waals surface area contributed by atoms with Gasteiger partial charge in [-0.05, 0) is 85.5 Å². The molecule has 1 aliphatic heterocycles. The van der Waals surface area contributed by atoms with Gasteiger partial charge in [0.15, 0.2) is 5.82 Å². The third-order valence-corrected chi connectivity index (χ3v) is 7.73. The number of aromatic nitrogens is 2. The number of hydrogen-bond donors (Lipinski definition) is 4. The van der Waals surface area contributed by atoms with Gasteiger partial charge in [0.25, 0.3) is 5.91 Å². The standard InChI is InChI=1S/C27H24ClF3N6O2S/c28-20-6-1-15(14-34-25(38)16-7-10-32-11-8-16)13-19(20)26(39)36-21-9-12-33-22-23(21)40-37-24(22)35-18-4-2-17(3-5-18)27(29,30)31/h1-6,9,12-13,16,32H,7-8,10-11,14H2,(H,34,38)(H,35,37)(H,33,36,39). The number of halogens is 4. The van der Waals surface area contributed by atoms with Gasteiger partial charge >= 0.3 is 6.18 Å². The second kappa shape index (κ2) is 11.8. The lowest BCUT2D eigenvalue weighted by molar-refractivity contribution is -0.137. The SMILES string of the molecule is O=C(Nc1ccnc2c(Nc3ccc(C(F)(F)F)cc3)nsc12)c1cc(CNC(=O)C2CCNCC2)ccc1Cl. The van der Waals surface area contributed by atoms with E-state index in [1.807, 2.05) is 0 Å². The zero-order chi connectivity index (χ0) is 28.3. The largest absolute Gasteiger partial charge is 0.416 e. The summed E-state index contributed by atoms with van der Waals surface area (Å²) >= 11 is 7.42. The molecule has 0 unspecified atom stereocenters. The van der Waals surface area contributed by atoms with E-state index >= 15 is 0 Å². The Morgan fingerprint density at radius 1 is 1.07 bits per heavy atom. The van der Waals surface area contributed by atoms with Crippen molar-refractivity contribution in [2.24, 2.45) is 5.92 Å². The molecule has 1 saturated heterocycles. The number of anilines is 3. The highest BCUT2D eigenvalue weighted by Crippen LogP contribution is 2.34. The van der Waals surface area contributed by atoms with E-state index in [1.54, 1.807) is 24.3 Å². The van der Waals surface area contributed by atoms with Crippen molar-refractivity contribution in [2.45, 2.75) is 25.6 Å². The number of nitrogens with zero attached hydrogens (tertiary/aromatic N) is 2. The van der Waals surface area contributed by atoms with Crippen LogP contribution in [0.3, 0.4) is 0 Å². The molecule has 0 aliphatic carbocycles. The number of carbonyl (C=O) groups excluding carboxylic acids is 2. The Morgan fingerprint density at radius 3 is 2.55 bits per heavy atom. The third-order valence-electron chi connectivity index (χ3n) is 6.53. The molecule has 0 bridgehead atoms. The zero-order valence-corrected chi connectivity index (χ0v) is 22.5. The molecule has 8 nitrogen and oxygen atoms in total. The Kier molecular flexibility index (Phi) is 8.19. The topological polar surface area (TPSA) is 108 Å². The Morgan fingerprint density at radius 2 is 1.82 bits per heavy atom. The van der Waals surface area contributed by atoms with E-state index in [0.29, 0.717) is 27.4 Å². The quantitative estimate of drug-likeness (QED) is 0.212. The maximum atomic E-state index is 13.2. The molecule has 0 atom stereocenters. The molecule has 40 heavy (non-hydrogen) atoms. The molecule has 4 aromatic rings. The number of carbonyl (C=O) groups is 2. The molecule has 3 heterocycles. The van der Waals surface area contributed by atoms with Crippen molar-refractivity contribution in [3.05, 3.63) is 76.4 Å². The average molecular weight is 589 g/mol. The highest BCUT2D eigenvalue weighted by Gasteiger charge is 2.30. The first-order valence-corrected chi connectivity index (χ1v) is 13.6. The number of rotatable bonds is 7. The molecule has 13 heteroatoms.